The van der Waals surface area contributed by atoms with Crippen molar-refractivity contribution in [1.29, 1.82) is 0 Å². The number of rotatable bonds is 1. The molecular weight excluding hydrogens is 246 g/mol. The van der Waals surface area contributed by atoms with Crippen LogP contribution in [0.25, 0.3) is 0 Å². The molecule has 0 aromatic carbocycles. The van der Waals surface area contributed by atoms with Gasteiger partial charge in [0.2, 0.25) is 0 Å². The first-order valence-electron chi connectivity index (χ1n) is 4.27. The number of nitrogens with zero attached hydrogens (tertiary/aromatic N) is 3. The minimum absolute atomic E-state index is 0.0181. The number of oxime groups is 1. The van der Waals surface area contributed by atoms with Crippen molar-refractivity contribution in [3.63, 3.8) is 0 Å². The number of hydrogen-bond acceptors (Lipinski definition) is 4. The van der Waals surface area contributed by atoms with E-state index >= 15 is 0 Å². The zero-order chi connectivity index (χ0) is 10.1. The van der Waals surface area contributed by atoms with E-state index in [9.17, 15) is 0 Å². The zero-order valence-electron chi connectivity index (χ0n) is 7.94. The summed E-state index contributed by atoms with van der Waals surface area (Å²) in [6.45, 7) is 1.94. The highest BCUT2D eigenvalue weighted by Crippen LogP contribution is 2.15. The summed E-state index contributed by atoms with van der Waals surface area (Å²) in [5.41, 5.74) is 0.819. The summed E-state index contributed by atoms with van der Waals surface area (Å²) in [4.78, 5) is 11.3. The second-order valence-corrected chi connectivity index (χ2v) is 4.01. The molecular formula is C9H10BrN3O. The molecule has 1 aromatic rings. The lowest BCUT2D eigenvalue weighted by molar-refractivity contribution is 0.0353. The molecule has 14 heavy (non-hydrogen) atoms. The van der Waals surface area contributed by atoms with Gasteiger partial charge in [-0.1, -0.05) is 5.16 Å². The van der Waals surface area contributed by atoms with Gasteiger partial charge < -0.3 is 9.74 Å². The standard InChI is InChI=1S/C9H10BrN3O/c1-6-13(2)9(12-14-6)8-4-3-7(10)5-11-8/h3-6H,1-2H3. The first-order valence-corrected chi connectivity index (χ1v) is 5.06. The maximum Gasteiger partial charge on any atom is 0.198 e. The molecule has 1 unspecified atom stereocenters. The van der Waals surface area contributed by atoms with Gasteiger partial charge in [0.05, 0.1) is 0 Å². The molecule has 0 amide bonds. The van der Waals surface area contributed by atoms with Crippen LogP contribution in [-0.2, 0) is 4.84 Å². The summed E-state index contributed by atoms with van der Waals surface area (Å²) in [5.74, 6) is 0.769. The Hall–Kier alpha value is -1.10. The second kappa shape index (κ2) is 3.57. The summed E-state index contributed by atoms with van der Waals surface area (Å²) in [6.07, 6.45) is 1.73. The van der Waals surface area contributed by atoms with Gasteiger partial charge >= 0.3 is 0 Å². The molecule has 0 saturated heterocycles. The normalized spacial score (nSPS) is 20.6. The van der Waals surface area contributed by atoms with Crippen LogP contribution >= 0.6 is 15.9 Å². The molecule has 5 heteroatoms. The highest BCUT2D eigenvalue weighted by molar-refractivity contribution is 9.10. The van der Waals surface area contributed by atoms with Crippen LogP contribution < -0.4 is 0 Å². The fraction of sp³-hybridized carbons (Fsp3) is 0.333. The van der Waals surface area contributed by atoms with E-state index in [2.05, 4.69) is 26.1 Å². The minimum Gasteiger partial charge on any atom is -0.369 e. The van der Waals surface area contributed by atoms with Gasteiger partial charge in [-0.25, -0.2) is 0 Å². The lowest BCUT2D eigenvalue weighted by Crippen LogP contribution is -2.30. The number of pyridine rings is 1. The fourth-order valence-electron chi connectivity index (χ4n) is 1.17. The SMILES string of the molecule is CC1ON=C(c2ccc(Br)cn2)N1C. The highest BCUT2D eigenvalue weighted by atomic mass is 79.9. The van der Waals surface area contributed by atoms with Crippen molar-refractivity contribution in [1.82, 2.24) is 9.88 Å². The van der Waals surface area contributed by atoms with E-state index in [0.29, 0.717) is 0 Å². The molecule has 1 aliphatic rings. The molecule has 0 bridgehead atoms. The number of aromatic nitrogens is 1. The van der Waals surface area contributed by atoms with Crippen molar-refractivity contribution in [2.75, 3.05) is 7.05 Å². The van der Waals surface area contributed by atoms with Gasteiger partial charge in [-0.2, -0.15) is 0 Å². The molecule has 1 aliphatic heterocycles. The predicted molar refractivity (Wildman–Crippen MR) is 56.8 cm³/mol. The monoisotopic (exact) mass is 255 g/mol. The summed E-state index contributed by atoms with van der Waals surface area (Å²) in [7, 11) is 1.93. The van der Waals surface area contributed by atoms with Gasteiger partial charge in [-0.15, -0.1) is 0 Å². The topological polar surface area (TPSA) is 37.7 Å². The quantitative estimate of drug-likeness (QED) is 0.769. The average Bonchev–Trinajstić information content (AvgIpc) is 2.50. The van der Waals surface area contributed by atoms with E-state index < -0.39 is 0 Å². The Bertz CT molecular complexity index is 363. The molecule has 0 N–H and O–H groups in total. The lowest BCUT2D eigenvalue weighted by Gasteiger charge is -2.15. The zero-order valence-corrected chi connectivity index (χ0v) is 9.52. The number of hydrogen-bond donors (Lipinski definition) is 0. The summed E-state index contributed by atoms with van der Waals surface area (Å²) < 4.78 is 0.955. The molecule has 0 aliphatic carbocycles. The number of amidine groups is 1. The molecule has 2 rings (SSSR count). The third-order valence-electron chi connectivity index (χ3n) is 2.13. The Kier molecular flexibility index (Phi) is 2.41. The molecule has 0 spiro atoms. The second-order valence-electron chi connectivity index (χ2n) is 3.09. The Balaban J connectivity index is 2.28. The van der Waals surface area contributed by atoms with Gasteiger partial charge in [0.1, 0.15) is 5.69 Å². The predicted octanol–water partition coefficient (Wildman–Crippen LogP) is 1.81. The van der Waals surface area contributed by atoms with E-state index in [1.54, 1.807) is 6.20 Å². The van der Waals surface area contributed by atoms with E-state index in [-0.39, 0.29) is 6.23 Å². The molecule has 0 saturated carbocycles. The molecule has 0 radical (unpaired) electrons. The van der Waals surface area contributed by atoms with Crippen molar-refractivity contribution in [3.05, 3.63) is 28.5 Å². The largest absolute Gasteiger partial charge is 0.369 e. The van der Waals surface area contributed by atoms with Crippen LogP contribution in [0.3, 0.4) is 0 Å². The van der Waals surface area contributed by atoms with Crippen LogP contribution in [0.1, 0.15) is 12.6 Å². The molecule has 1 atom stereocenters. The number of halogens is 1. The Morgan fingerprint density at radius 3 is 2.79 bits per heavy atom. The van der Waals surface area contributed by atoms with Crippen molar-refractivity contribution >= 4 is 21.8 Å². The van der Waals surface area contributed by atoms with Gasteiger partial charge in [-0.3, -0.25) is 4.98 Å². The Morgan fingerprint density at radius 2 is 2.29 bits per heavy atom. The summed E-state index contributed by atoms with van der Waals surface area (Å²) >= 11 is 3.33. The molecule has 2 heterocycles. The maximum absolute atomic E-state index is 5.12. The first kappa shape index (κ1) is 9.45. The third kappa shape index (κ3) is 1.59. The van der Waals surface area contributed by atoms with Crippen LogP contribution in [0, 0.1) is 0 Å². The average molecular weight is 256 g/mol. The molecule has 4 nitrogen and oxygen atoms in total. The van der Waals surface area contributed by atoms with E-state index in [1.165, 1.54) is 0 Å². The Labute approximate surface area is 90.7 Å². The van der Waals surface area contributed by atoms with Crippen molar-refractivity contribution in [2.45, 2.75) is 13.2 Å². The van der Waals surface area contributed by atoms with Crippen molar-refractivity contribution in [3.8, 4) is 0 Å². The minimum atomic E-state index is -0.0181. The third-order valence-corrected chi connectivity index (χ3v) is 2.60. The van der Waals surface area contributed by atoms with Gasteiger partial charge in [0.15, 0.2) is 12.1 Å². The smallest absolute Gasteiger partial charge is 0.198 e. The summed E-state index contributed by atoms with van der Waals surface area (Å²) in [5, 5.41) is 3.96. The summed E-state index contributed by atoms with van der Waals surface area (Å²) in [6, 6.07) is 3.84. The maximum atomic E-state index is 5.12. The van der Waals surface area contributed by atoms with Gasteiger partial charge in [0, 0.05) is 17.7 Å². The molecule has 1 aromatic heterocycles. The highest BCUT2D eigenvalue weighted by Gasteiger charge is 2.24. The fourth-order valence-corrected chi connectivity index (χ4v) is 1.40. The van der Waals surface area contributed by atoms with Crippen molar-refractivity contribution < 1.29 is 4.84 Å². The lowest BCUT2D eigenvalue weighted by atomic mass is 10.3. The van der Waals surface area contributed by atoms with Crippen molar-refractivity contribution in [2.24, 2.45) is 5.16 Å². The molecule has 74 valence electrons. The van der Waals surface area contributed by atoms with Crippen LogP contribution in [-0.4, -0.2) is 29.0 Å². The van der Waals surface area contributed by atoms with Crippen LogP contribution in [0.5, 0.6) is 0 Å². The molecule has 0 fully saturated rings. The van der Waals surface area contributed by atoms with E-state index in [1.807, 2.05) is 31.0 Å². The van der Waals surface area contributed by atoms with Crippen LogP contribution in [0.4, 0.5) is 0 Å². The van der Waals surface area contributed by atoms with Crippen LogP contribution in [0.15, 0.2) is 28.0 Å². The van der Waals surface area contributed by atoms with E-state index in [4.69, 9.17) is 4.84 Å². The van der Waals surface area contributed by atoms with Crippen LogP contribution in [0.2, 0.25) is 0 Å². The first-order chi connectivity index (χ1) is 6.68. The van der Waals surface area contributed by atoms with Gasteiger partial charge in [0.25, 0.3) is 0 Å². The van der Waals surface area contributed by atoms with Gasteiger partial charge in [-0.05, 0) is 35.0 Å². The Morgan fingerprint density at radius 1 is 1.50 bits per heavy atom. The van der Waals surface area contributed by atoms with E-state index in [0.717, 1.165) is 16.0 Å².